The normalized spacial score (nSPS) is 11.1. The maximum Gasteiger partial charge on any atom is 0.338 e. The van der Waals surface area contributed by atoms with E-state index in [1.165, 1.54) is 0 Å². The summed E-state index contributed by atoms with van der Waals surface area (Å²) in [6, 6.07) is 18.0. The number of aliphatic hydroxyl groups excluding tert-OH is 1. The fourth-order valence-corrected chi connectivity index (χ4v) is 1.74. The predicted molar refractivity (Wildman–Crippen MR) is 80.5 cm³/mol. The number of aliphatic hydroxyl groups is 1. The van der Waals surface area contributed by atoms with E-state index < -0.39 is 6.10 Å². The zero-order valence-electron chi connectivity index (χ0n) is 11.5. The Bertz CT molecular complexity index is 624. The first-order chi connectivity index (χ1) is 10.3. The number of hydrogen-bond donors (Lipinski definition) is 1. The van der Waals surface area contributed by atoms with Crippen LogP contribution in [0.25, 0.3) is 0 Å². The van der Waals surface area contributed by atoms with Gasteiger partial charge in [0.25, 0.3) is 0 Å². The lowest BCUT2D eigenvalue weighted by Gasteiger charge is -2.03. The Labute approximate surface area is 124 Å². The smallest absolute Gasteiger partial charge is 0.338 e. The molecule has 0 aliphatic carbocycles. The molecule has 0 spiro atoms. The Hall–Kier alpha value is -2.57. The van der Waals surface area contributed by atoms with Crippen molar-refractivity contribution in [1.82, 2.24) is 0 Å². The van der Waals surface area contributed by atoms with Crippen LogP contribution in [0.5, 0.6) is 0 Å². The van der Waals surface area contributed by atoms with Gasteiger partial charge in [-0.05, 0) is 17.7 Å². The third-order valence-corrected chi connectivity index (χ3v) is 2.82. The molecule has 106 valence electrons. The molecule has 3 heteroatoms. The average molecular weight is 280 g/mol. The minimum absolute atomic E-state index is 0.211. The molecule has 2 aromatic rings. The van der Waals surface area contributed by atoms with Gasteiger partial charge < -0.3 is 9.84 Å². The average Bonchev–Trinajstić information content (AvgIpc) is 2.55. The van der Waals surface area contributed by atoms with Gasteiger partial charge in [-0.1, -0.05) is 60.4 Å². The van der Waals surface area contributed by atoms with E-state index in [-0.39, 0.29) is 12.6 Å². The summed E-state index contributed by atoms with van der Waals surface area (Å²) in [6.07, 6.45) is -0.418. The first kappa shape index (κ1) is 14.8. The largest absolute Gasteiger partial charge is 0.461 e. The lowest BCUT2D eigenvalue weighted by atomic mass is 10.1. The van der Waals surface area contributed by atoms with Crippen LogP contribution in [0.15, 0.2) is 60.7 Å². The number of benzene rings is 2. The van der Waals surface area contributed by atoms with E-state index in [0.717, 1.165) is 5.56 Å². The molecule has 0 saturated heterocycles. The molecule has 0 amide bonds. The first-order valence-electron chi connectivity index (χ1n) is 6.71. The van der Waals surface area contributed by atoms with Gasteiger partial charge in [0.15, 0.2) is 0 Å². The van der Waals surface area contributed by atoms with Crippen molar-refractivity contribution in [2.45, 2.75) is 12.5 Å². The van der Waals surface area contributed by atoms with Gasteiger partial charge >= 0.3 is 5.97 Å². The van der Waals surface area contributed by atoms with Crippen LogP contribution in [0.2, 0.25) is 0 Å². The zero-order valence-corrected chi connectivity index (χ0v) is 11.5. The number of ether oxygens (including phenoxy) is 1. The quantitative estimate of drug-likeness (QED) is 0.532. The molecule has 21 heavy (non-hydrogen) atoms. The second-order valence-electron chi connectivity index (χ2n) is 4.39. The summed E-state index contributed by atoms with van der Waals surface area (Å²) in [5, 5.41) is 9.83. The van der Waals surface area contributed by atoms with Crippen molar-refractivity contribution < 1.29 is 14.6 Å². The molecule has 0 heterocycles. The Morgan fingerprint density at radius 2 is 1.67 bits per heavy atom. The molecule has 1 atom stereocenters. The van der Waals surface area contributed by atoms with Gasteiger partial charge in [-0.2, -0.15) is 0 Å². The number of carbonyl (C=O) groups excluding carboxylic acids is 1. The van der Waals surface area contributed by atoms with Crippen LogP contribution < -0.4 is 0 Å². The molecule has 1 N–H and O–H groups in total. The van der Waals surface area contributed by atoms with Gasteiger partial charge in [0.2, 0.25) is 0 Å². The molecule has 0 saturated carbocycles. The molecule has 0 radical (unpaired) electrons. The van der Waals surface area contributed by atoms with Crippen LogP contribution in [-0.4, -0.2) is 17.7 Å². The van der Waals surface area contributed by atoms with Gasteiger partial charge in [-0.15, -0.1) is 0 Å². The second-order valence-corrected chi connectivity index (χ2v) is 4.39. The monoisotopic (exact) mass is 280 g/mol. The van der Waals surface area contributed by atoms with Gasteiger partial charge in [0.1, 0.15) is 12.7 Å². The molecule has 0 fully saturated rings. The minimum atomic E-state index is -0.809. The lowest BCUT2D eigenvalue weighted by molar-refractivity contribution is 0.0513. The number of rotatable bonds is 4. The summed E-state index contributed by atoms with van der Waals surface area (Å²) in [5.41, 5.74) is 1.28. The molecule has 0 aliphatic rings. The van der Waals surface area contributed by atoms with Crippen molar-refractivity contribution in [1.29, 1.82) is 0 Å². The molecule has 3 nitrogen and oxygen atoms in total. The Morgan fingerprint density at radius 1 is 1.05 bits per heavy atom. The Morgan fingerprint density at radius 3 is 2.33 bits per heavy atom. The highest BCUT2D eigenvalue weighted by Crippen LogP contribution is 2.10. The van der Waals surface area contributed by atoms with Crippen molar-refractivity contribution in [2.24, 2.45) is 0 Å². The van der Waals surface area contributed by atoms with Gasteiger partial charge in [0, 0.05) is 6.42 Å². The van der Waals surface area contributed by atoms with E-state index in [2.05, 4.69) is 11.8 Å². The van der Waals surface area contributed by atoms with E-state index in [1.54, 1.807) is 24.3 Å². The molecule has 0 unspecified atom stereocenters. The summed E-state index contributed by atoms with van der Waals surface area (Å²) in [4.78, 5) is 11.6. The summed E-state index contributed by atoms with van der Waals surface area (Å²) >= 11 is 0. The molecule has 0 aromatic heterocycles. The van der Waals surface area contributed by atoms with Crippen LogP contribution in [-0.2, 0) is 4.74 Å². The van der Waals surface area contributed by atoms with Crippen molar-refractivity contribution in [3.8, 4) is 11.8 Å². The van der Waals surface area contributed by atoms with Gasteiger partial charge in [-0.25, -0.2) is 4.79 Å². The third kappa shape index (κ3) is 4.79. The Kier molecular flexibility index (Phi) is 5.57. The fourth-order valence-electron chi connectivity index (χ4n) is 1.74. The van der Waals surface area contributed by atoms with Crippen molar-refractivity contribution >= 4 is 5.97 Å². The van der Waals surface area contributed by atoms with Crippen molar-refractivity contribution in [3.05, 3.63) is 71.8 Å². The predicted octanol–water partition coefficient (Wildman–Crippen LogP) is 2.97. The summed E-state index contributed by atoms with van der Waals surface area (Å²) in [5.74, 6) is 5.18. The topological polar surface area (TPSA) is 46.5 Å². The molecule has 0 bridgehead atoms. The molecule has 2 aromatic carbocycles. The highest BCUT2D eigenvalue weighted by atomic mass is 16.5. The number of esters is 1. The van der Waals surface area contributed by atoms with E-state index >= 15 is 0 Å². The minimum Gasteiger partial charge on any atom is -0.461 e. The van der Waals surface area contributed by atoms with E-state index in [4.69, 9.17) is 4.74 Å². The molecule has 2 rings (SSSR count). The number of hydrogen-bond acceptors (Lipinski definition) is 3. The molecular weight excluding hydrogens is 264 g/mol. The lowest BCUT2D eigenvalue weighted by Crippen LogP contribution is -2.05. The summed E-state index contributed by atoms with van der Waals surface area (Å²) in [7, 11) is 0. The maximum atomic E-state index is 11.6. The van der Waals surface area contributed by atoms with Gasteiger partial charge in [0.05, 0.1) is 5.56 Å². The van der Waals surface area contributed by atoms with Crippen LogP contribution >= 0.6 is 0 Å². The SMILES string of the molecule is O=C(OCCC#C[C@@H](O)c1ccccc1)c1ccccc1. The standard InChI is InChI=1S/C18H16O3/c19-17(15-9-3-1-4-10-15)13-7-8-14-21-18(20)16-11-5-2-6-12-16/h1-6,9-12,17,19H,8,14H2/t17-/m1/s1. The first-order valence-corrected chi connectivity index (χ1v) is 6.71. The highest BCUT2D eigenvalue weighted by molar-refractivity contribution is 5.89. The van der Waals surface area contributed by atoms with Crippen molar-refractivity contribution in [2.75, 3.05) is 6.61 Å². The van der Waals surface area contributed by atoms with Crippen LogP contribution in [0.3, 0.4) is 0 Å². The van der Waals surface area contributed by atoms with E-state index in [9.17, 15) is 9.90 Å². The van der Waals surface area contributed by atoms with Crippen molar-refractivity contribution in [3.63, 3.8) is 0 Å². The third-order valence-electron chi connectivity index (χ3n) is 2.82. The van der Waals surface area contributed by atoms with E-state index in [1.807, 2.05) is 36.4 Å². The summed E-state index contributed by atoms with van der Waals surface area (Å²) < 4.78 is 5.09. The second kappa shape index (κ2) is 7.88. The fraction of sp³-hybridized carbons (Fsp3) is 0.167. The van der Waals surface area contributed by atoms with E-state index in [0.29, 0.717) is 12.0 Å². The van der Waals surface area contributed by atoms with Crippen LogP contribution in [0.1, 0.15) is 28.4 Å². The number of carbonyl (C=O) groups is 1. The molecular formula is C18H16O3. The summed E-state index contributed by atoms with van der Waals surface area (Å²) in [6.45, 7) is 0.211. The van der Waals surface area contributed by atoms with Gasteiger partial charge in [-0.3, -0.25) is 0 Å². The van der Waals surface area contributed by atoms with Crippen LogP contribution in [0, 0.1) is 11.8 Å². The zero-order chi connectivity index (χ0) is 14.9. The van der Waals surface area contributed by atoms with Crippen LogP contribution in [0.4, 0.5) is 0 Å². The molecule has 0 aliphatic heterocycles. The highest BCUT2D eigenvalue weighted by Gasteiger charge is 2.04. The maximum absolute atomic E-state index is 11.6. The Balaban J connectivity index is 1.76.